The van der Waals surface area contributed by atoms with Crippen molar-refractivity contribution in [1.82, 2.24) is 4.90 Å². The highest BCUT2D eigenvalue weighted by molar-refractivity contribution is 8.13. The average molecular weight is 215 g/mol. The van der Waals surface area contributed by atoms with Crippen LogP contribution in [0.1, 0.15) is 27.7 Å². The minimum Gasteiger partial charge on any atom is -0.298 e. The van der Waals surface area contributed by atoms with Crippen molar-refractivity contribution in [3.05, 3.63) is 0 Å². The molecule has 0 aromatic carbocycles. The maximum absolute atomic E-state index is 11.3. The first-order valence-corrected chi connectivity index (χ1v) is 5.60. The second-order valence-electron chi connectivity index (χ2n) is 3.15. The van der Waals surface area contributed by atoms with Gasteiger partial charge < -0.3 is 0 Å². The van der Waals surface area contributed by atoms with Gasteiger partial charge in [0.05, 0.1) is 0 Å². The van der Waals surface area contributed by atoms with Gasteiger partial charge in [-0.2, -0.15) is 0 Å². The smallest absolute Gasteiger partial charge is 0.225 e. The highest BCUT2D eigenvalue weighted by Gasteiger charge is 2.15. The van der Waals surface area contributed by atoms with Gasteiger partial charge in [0.2, 0.25) is 5.91 Å². The van der Waals surface area contributed by atoms with Crippen LogP contribution in [0.3, 0.4) is 0 Å². The van der Waals surface area contributed by atoms with Crippen molar-refractivity contribution in [2.45, 2.75) is 33.7 Å². The predicted molar refractivity (Wildman–Crippen MR) is 62.0 cm³/mol. The molecule has 0 aromatic heterocycles. The number of nitrogens with zero attached hydrogens (tertiary/aromatic N) is 2. The van der Waals surface area contributed by atoms with Crippen LogP contribution in [0.4, 0.5) is 0 Å². The first-order valence-electron chi connectivity index (χ1n) is 4.37. The molecule has 14 heavy (non-hydrogen) atoms. The number of rotatable bonds is 1. The van der Waals surface area contributed by atoms with Gasteiger partial charge in [-0.05, 0) is 27.0 Å². The highest BCUT2D eigenvalue weighted by atomic mass is 32.2. The Kier molecular flexibility index (Phi) is 5.45. The van der Waals surface area contributed by atoms with E-state index in [9.17, 15) is 4.79 Å². The van der Waals surface area contributed by atoms with E-state index in [2.05, 4.69) is 4.99 Å². The summed E-state index contributed by atoms with van der Waals surface area (Å²) in [5, 5.41) is 7.60. The monoisotopic (exact) mass is 215 g/mol. The molecule has 0 saturated heterocycles. The molecule has 0 bridgehead atoms. The van der Waals surface area contributed by atoms with E-state index in [1.54, 1.807) is 18.1 Å². The molecule has 1 amide bonds. The van der Waals surface area contributed by atoms with E-state index < -0.39 is 0 Å². The zero-order chi connectivity index (χ0) is 11.3. The SMILES string of the molecule is CSC(=N)/N=C(\C)N(C(C)=O)C(C)C. The second kappa shape index (κ2) is 5.80. The molecule has 5 heteroatoms. The van der Waals surface area contributed by atoms with E-state index in [1.807, 2.05) is 13.8 Å². The molecule has 0 spiro atoms. The summed E-state index contributed by atoms with van der Waals surface area (Å²) in [6, 6.07) is 0.0749. The number of amides is 1. The van der Waals surface area contributed by atoms with Crippen molar-refractivity contribution >= 4 is 28.7 Å². The summed E-state index contributed by atoms with van der Waals surface area (Å²) in [5.41, 5.74) is 0. The Bertz CT molecular complexity index is 261. The Morgan fingerprint density at radius 2 is 1.93 bits per heavy atom. The molecule has 0 aliphatic rings. The van der Waals surface area contributed by atoms with Gasteiger partial charge in [-0.1, -0.05) is 11.8 Å². The molecular weight excluding hydrogens is 198 g/mol. The van der Waals surface area contributed by atoms with Crippen molar-refractivity contribution in [3.8, 4) is 0 Å². The first-order chi connectivity index (χ1) is 6.40. The molecule has 0 saturated carbocycles. The van der Waals surface area contributed by atoms with Gasteiger partial charge >= 0.3 is 0 Å². The Balaban J connectivity index is 4.76. The molecule has 0 aromatic rings. The van der Waals surface area contributed by atoms with Crippen LogP contribution >= 0.6 is 11.8 Å². The highest BCUT2D eigenvalue weighted by Crippen LogP contribution is 2.04. The normalized spacial score (nSPS) is 11.7. The lowest BCUT2D eigenvalue weighted by molar-refractivity contribution is -0.126. The summed E-state index contributed by atoms with van der Waals surface area (Å²) in [6.45, 7) is 7.08. The van der Waals surface area contributed by atoms with Crippen molar-refractivity contribution < 1.29 is 4.79 Å². The molecule has 1 N–H and O–H groups in total. The third-order valence-corrected chi connectivity index (χ3v) is 2.14. The largest absolute Gasteiger partial charge is 0.298 e. The molecule has 0 rings (SSSR count). The lowest BCUT2D eigenvalue weighted by Gasteiger charge is -2.24. The van der Waals surface area contributed by atoms with E-state index in [-0.39, 0.29) is 17.1 Å². The Labute approximate surface area is 89.3 Å². The maximum atomic E-state index is 11.3. The molecular formula is C9H17N3OS. The third-order valence-electron chi connectivity index (χ3n) is 1.66. The quantitative estimate of drug-likeness (QED) is 0.537. The summed E-state index contributed by atoms with van der Waals surface area (Å²) in [6.07, 6.45) is 1.78. The number of carbonyl (C=O) groups is 1. The predicted octanol–water partition coefficient (Wildman–Crippen LogP) is 1.96. The van der Waals surface area contributed by atoms with Gasteiger partial charge in [0.25, 0.3) is 0 Å². The van der Waals surface area contributed by atoms with E-state index in [0.717, 1.165) is 0 Å². The first kappa shape index (κ1) is 13.2. The summed E-state index contributed by atoms with van der Waals surface area (Å²) in [4.78, 5) is 16.8. The van der Waals surface area contributed by atoms with Gasteiger partial charge in [-0.15, -0.1) is 0 Å². The fourth-order valence-corrected chi connectivity index (χ4v) is 1.44. The summed E-state index contributed by atoms with van der Waals surface area (Å²) in [5.74, 6) is 0.530. The third kappa shape index (κ3) is 3.91. The van der Waals surface area contributed by atoms with Crippen LogP contribution < -0.4 is 0 Å². The molecule has 0 unspecified atom stereocenters. The number of thioether (sulfide) groups is 1. The zero-order valence-corrected chi connectivity index (χ0v) is 10.1. The average Bonchev–Trinajstić information content (AvgIpc) is 2.02. The topological polar surface area (TPSA) is 56.5 Å². The Morgan fingerprint density at radius 3 is 2.21 bits per heavy atom. The van der Waals surface area contributed by atoms with Crippen molar-refractivity contribution in [1.29, 1.82) is 5.41 Å². The summed E-state index contributed by atoms with van der Waals surface area (Å²) >= 11 is 1.25. The van der Waals surface area contributed by atoms with Crippen LogP contribution in [0.15, 0.2) is 4.99 Å². The maximum Gasteiger partial charge on any atom is 0.225 e. The molecule has 0 heterocycles. The van der Waals surface area contributed by atoms with Crippen molar-refractivity contribution in [2.75, 3.05) is 6.26 Å². The minimum atomic E-state index is -0.0462. The fourth-order valence-electron chi connectivity index (χ4n) is 1.21. The summed E-state index contributed by atoms with van der Waals surface area (Å²) < 4.78 is 0. The van der Waals surface area contributed by atoms with Gasteiger partial charge in [0.1, 0.15) is 5.84 Å². The second-order valence-corrected chi connectivity index (χ2v) is 3.95. The van der Waals surface area contributed by atoms with Crippen molar-refractivity contribution in [3.63, 3.8) is 0 Å². The van der Waals surface area contributed by atoms with Crippen LogP contribution in [0, 0.1) is 5.41 Å². The van der Waals surface area contributed by atoms with E-state index >= 15 is 0 Å². The molecule has 80 valence electrons. The fraction of sp³-hybridized carbons (Fsp3) is 0.667. The summed E-state index contributed by atoms with van der Waals surface area (Å²) in [7, 11) is 0. The van der Waals surface area contributed by atoms with Crippen LogP contribution in [0.5, 0.6) is 0 Å². The van der Waals surface area contributed by atoms with Gasteiger partial charge in [0.15, 0.2) is 5.17 Å². The Morgan fingerprint density at radius 1 is 1.43 bits per heavy atom. The van der Waals surface area contributed by atoms with E-state index in [0.29, 0.717) is 5.84 Å². The minimum absolute atomic E-state index is 0.0462. The zero-order valence-electron chi connectivity index (χ0n) is 9.29. The van der Waals surface area contributed by atoms with Gasteiger partial charge in [-0.3, -0.25) is 15.1 Å². The molecule has 0 aliphatic carbocycles. The number of amidine groups is 2. The van der Waals surface area contributed by atoms with Crippen molar-refractivity contribution in [2.24, 2.45) is 4.99 Å². The lowest BCUT2D eigenvalue weighted by atomic mass is 10.3. The molecule has 0 aliphatic heterocycles. The van der Waals surface area contributed by atoms with E-state index in [1.165, 1.54) is 18.7 Å². The van der Waals surface area contributed by atoms with Gasteiger partial charge in [-0.25, -0.2) is 4.99 Å². The molecule has 4 nitrogen and oxygen atoms in total. The van der Waals surface area contributed by atoms with E-state index in [4.69, 9.17) is 5.41 Å². The van der Waals surface area contributed by atoms with Crippen LogP contribution in [-0.2, 0) is 4.79 Å². The molecule has 0 fully saturated rings. The van der Waals surface area contributed by atoms with Gasteiger partial charge in [0, 0.05) is 13.0 Å². The number of carbonyl (C=O) groups excluding carboxylic acids is 1. The number of aliphatic imine (C=N–C) groups is 1. The number of hydrogen-bond donors (Lipinski definition) is 1. The van der Waals surface area contributed by atoms with Crippen LogP contribution in [0.2, 0.25) is 0 Å². The molecule has 0 radical (unpaired) electrons. The van der Waals surface area contributed by atoms with Crippen LogP contribution in [-0.4, -0.2) is 34.1 Å². The Hall–Kier alpha value is -0.840. The standard InChI is InChI=1S/C9H17N3OS/c1-6(2)12(8(4)13)7(3)11-9(10)14-5/h6,10H,1-5H3/b10-9?,11-7+. The number of hydrogen-bond acceptors (Lipinski definition) is 3. The van der Waals surface area contributed by atoms with Crippen LogP contribution in [0.25, 0.3) is 0 Å². The number of nitrogens with one attached hydrogen (secondary N) is 1. The molecule has 0 atom stereocenters. The lowest BCUT2D eigenvalue weighted by Crippen LogP contribution is -2.39.